The van der Waals surface area contributed by atoms with Crippen LogP contribution in [0.2, 0.25) is 5.02 Å². The molecule has 0 heterocycles. The number of carbonyl (C=O) groups excluding carboxylic acids is 1. The monoisotopic (exact) mass is 215 g/mol. The van der Waals surface area contributed by atoms with E-state index in [1.165, 1.54) is 0 Å². The SMILES string of the molecule is Nc1cc(C(=O)[O-])c([N+](=O)[O-])cc1Cl. The van der Waals surface area contributed by atoms with Gasteiger partial charge in [-0.1, -0.05) is 11.6 Å². The minimum Gasteiger partial charge on any atom is -0.545 e. The number of nitrogen functional groups attached to an aromatic ring is 1. The Morgan fingerprint density at radius 3 is 2.50 bits per heavy atom. The second-order valence-corrected chi connectivity index (χ2v) is 2.84. The van der Waals surface area contributed by atoms with E-state index in [1.807, 2.05) is 0 Å². The number of aromatic carboxylic acids is 1. The van der Waals surface area contributed by atoms with Gasteiger partial charge in [0.2, 0.25) is 0 Å². The van der Waals surface area contributed by atoms with E-state index in [0.717, 1.165) is 12.1 Å². The molecule has 0 unspecified atom stereocenters. The van der Waals surface area contributed by atoms with Crippen molar-refractivity contribution in [2.75, 3.05) is 5.73 Å². The number of benzene rings is 1. The summed E-state index contributed by atoms with van der Waals surface area (Å²) in [6.45, 7) is 0. The number of hydrogen-bond acceptors (Lipinski definition) is 5. The summed E-state index contributed by atoms with van der Waals surface area (Å²) in [7, 11) is 0. The number of nitro benzene ring substituents is 1. The Labute approximate surface area is 83.0 Å². The summed E-state index contributed by atoms with van der Waals surface area (Å²) >= 11 is 5.49. The molecule has 0 atom stereocenters. The lowest BCUT2D eigenvalue weighted by Gasteiger charge is -2.05. The molecule has 0 aliphatic carbocycles. The molecule has 0 amide bonds. The predicted octanol–water partition coefficient (Wildman–Crippen LogP) is 0.194. The minimum atomic E-state index is -1.67. The van der Waals surface area contributed by atoms with Crippen LogP contribution in [0, 0.1) is 10.1 Å². The molecule has 1 rings (SSSR count). The average Bonchev–Trinajstić information content (AvgIpc) is 2.08. The van der Waals surface area contributed by atoms with Gasteiger partial charge in [0.15, 0.2) is 0 Å². The van der Waals surface area contributed by atoms with E-state index in [-0.39, 0.29) is 10.7 Å². The summed E-state index contributed by atoms with van der Waals surface area (Å²) in [5, 5.41) is 20.8. The molecular formula is C7H4ClN2O4-. The van der Waals surface area contributed by atoms with Crippen LogP contribution in [0.4, 0.5) is 11.4 Å². The molecule has 6 nitrogen and oxygen atoms in total. The molecule has 0 aliphatic heterocycles. The molecule has 0 fully saturated rings. The van der Waals surface area contributed by atoms with E-state index in [9.17, 15) is 20.0 Å². The lowest BCUT2D eigenvalue weighted by atomic mass is 10.1. The standard InChI is InChI=1S/C7H5ClN2O4/c8-4-2-6(10(13)14)3(7(11)12)1-5(4)9/h1-2H,9H2,(H,11,12)/p-1. The molecule has 14 heavy (non-hydrogen) atoms. The number of hydrogen-bond donors (Lipinski definition) is 1. The molecule has 1 aromatic rings. The van der Waals surface area contributed by atoms with Crippen LogP contribution in [0.15, 0.2) is 12.1 Å². The second-order valence-electron chi connectivity index (χ2n) is 2.44. The predicted molar refractivity (Wildman–Crippen MR) is 46.8 cm³/mol. The molecule has 0 radical (unpaired) electrons. The highest BCUT2D eigenvalue weighted by Gasteiger charge is 2.16. The molecule has 1 aromatic carbocycles. The van der Waals surface area contributed by atoms with Crippen molar-refractivity contribution >= 4 is 28.9 Å². The van der Waals surface area contributed by atoms with Crippen molar-refractivity contribution in [3.05, 3.63) is 32.8 Å². The number of carboxylic acids is 1. The fraction of sp³-hybridized carbons (Fsp3) is 0. The van der Waals surface area contributed by atoms with Crippen LogP contribution in [0.1, 0.15) is 10.4 Å². The smallest absolute Gasteiger partial charge is 0.280 e. The Balaban J connectivity index is 3.46. The topological polar surface area (TPSA) is 109 Å². The quantitative estimate of drug-likeness (QED) is 0.430. The number of halogens is 1. The van der Waals surface area contributed by atoms with E-state index >= 15 is 0 Å². The van der Waals surface area contributed by atoms with Crippen molar-refractivity contribution in [1.82, 2.24) is 0 Å². The van der Waals surface area contributed by atoms with E-state index in [2.05, 4.69) is 0 Å². The summed E-state index contributed by atoms with van der Waals surface area (Å²) in [5.41, 5.74) is 4.02. The third kappa shape index (κ3) is 1.74. The number of carbonyl (C=O) groups is 1. The van der Waals surface area contributed by atoms with Gasteiger partial charge in [0, 0.05) is 6.07 Å². The molecule has 0 aromatic heterocycles. The first-order valence-electron chi connectivity index (χ1n) is 3.38. The fourth-order valence-corrected chi connectivity index (χ4v) is 1.05. The molecule has 0 aliphatic rings. The second kappa shape index (κ2) is 3.51. The first-order chi connectivity index (χ1) is 6.43. The van der Waals surface area contributed by atoms with Crippen LogP contribution in [-0.2, 0) is 0 Å². The van der Waals surface area contributed by atoms with E-state index < -0.39 is 22.1 Å². The Bertz CT molecular complexity index is 379. The Morgan fingerprint density at radius 2 is 2.07 bits per heavy atom. The zero-order valence-corrected chi connectivity index (χ0v) is 7.45. The first kappa shape index (κ1) is 10.3. The molecule has 0 saturated heterocycles. The molecule has 74 valence electrons. The van der Waals surface area contributed by atoms with Crippen LogP contribution in [0.25, 0.3) is 0 Å². The van der Waals surface area contributed by atoms with Crippen LogP contribution in [0.5, 0.6) is 0 Å². The van der Waals surface area contributed by atoms with Gasteiger partial charge in [-0.15, -0.1) is 0 Å². The van der Waals surface area contributed by atoms with Crippen molar-refractivity contribution in [2.24, 2.45) is 0 Å². The summed E-state index contributed by atoms with van der Waals surface area (Å²) in [6.07, 6.45) is 0. The number of nitro groups is 1. The van der Waals surface area contributed by atoms with Gasteiger partial charge in [0.25, 0.3) is 5.69 Å². The minimum absolute atomic E-state index is 0.0449. The maximum Gasteiger partial charge on any atom is 0.280 e. The van der Waals surface area contributed by atoms with E-state index in [4.69, 9.17) is 17.3 Å². The maximum absolute atomic E-state index is 10.5. The van der Waals surface area contributed by atoms with Crippen LogP contribution < -0.4 is 10.8 Å². The van der Waals surface area contributed by atoms with Gasteiger partial charge in [-0.05, 0) is 6.07 Å². The van der Waals surface area contributed by atoms with Gasteiger partial charge >= 0.3 is 0 Å². The number of rotatable bonds is 2. The summed E-state index contributed by atoms with van der Waals surface area (Å²) in [6, 6.07) is 1.78. The highest BCUT2D eigenvalue weighted by molar-refractivity contribution is 6.33. The zero-order valence-electron chi connectivity index (χ0n) is 6.69. The summed E-state index contributed by atoms with van der Waals surface area (Å²) in [5.74, 6) is -1.67. The number of carboxylic acid groups (broad SMARTS) is 1. The molecule has 0 saturated carbocycles. The van der Waals surface area contributed by atoms with Crippen LogP contribution in [-0.4, -0.2) is 10.9 Å². The molecule has 7 heteroatoms. The number of nitrogens with two attached hydrogens (primary N) is 1. The van der Waals surface area contributed by atoms with E-state index in [1.54, 1.807) is 0 Å². The first-order valence-corrected chi connectivity index (χ1v) is 3.76. The van der Waals surface area contributed by atoms with Crippen molar-refractivity contribution in [2.45, 2.75) is 0 Å². The van der Waals surface area contributed by atoms with Gasteiger partial charge in [-0.3, -0.25) is 10.1 Å². The highest BCUT2D eigenvalue weighted by atomic mass is 35.5. The van der Waals surface area contributed by atoms with Crippen molar-refractivity contribution in [1.29, 1.82) is 0 Å². The lowest BCUT2D eigenvalue weighted by molar-refractivity contribution is -0.385. The Kier molecular flexibility index (Phi) is 2.57. The molecular weight excluding hydrogens is 212 g/mol. The average molecular weight is 216 g/mol. The molecule has 2 N–H and O–H groups in total. The van der Waals surface area contributed by atoms with Gasteiger partial charge < -0.3 is 15.6 Å². The molecule has 0 spiro atoms. The van der Waals surface area contributed by atoms with Gasteiger partial charge in [0.05, 0.1) is 27.2 Å². The third-order valence-electron chi connectivity index (χ3n) is 1.53. The highest BCUT2D eigenvalue weighted by Crippen LogP contribution is 2.28. The van der Waals surface area contributed by atoms with Crippen molar-refractivity contribution < 1.29 is 14.8 Å². The lowest BCUT2D eigenvalue weighted by Crippen LogP contribution is -2.23. The fourth-order valence-electron chi connectivity index (χ4n) is 0.894. The Hall–Kier alpha value is -1.82. The Morgan fingerprint density at radius 1 is 1.50 bits per heavy atom. The molecule has 0 bridgehead atoms. The van der Waals surface area contributed by atoms with Gasteiger partial charge in [0.1, 0.15) is 0 Å². The summed E-state index contributed by atoms with van der Waals surface area (Å²) in [4.78, 5) is 20.0. The third-order valence-corrected chi connectivity index (χ3v) is 1.86. The van der Waals surface area contributed by atoms with Crippen molar-refractivity contribution in [3.8, 4) is 0 Å². The normalized spacial score (nSPS) is 9.79. The maximum atomic E-state index is 10.5. The van der Waals surface area contributed by atoms with Crippen LogP contribution in [0.3, 0.4) is 0 Å². The van der Waals surface area contributed by atoms with Gasteiger partial charge in [-0.25, -0.2) is 0 Å². The summed E-state index contributed by atoms with van der Waals surface area (Å²) < 4.78 is 0. The van der Waals surface area contributed by atoms with Gasteiger partial charge in [-0.2, -0.15) is 0 Å². The number of anilines is 1. The number of nitrogens with zero attached hydrogens (tertiary/aromatic N) is 1. The van der Waals surface area contributed by atoms with Crippen LogP contribution >= 0.6 is 11.6 Å². The van der Waals surface area contributed by atoms with E-state index in [0.29, 0.717) is 0 Å². The largest absolute Gasteiger partial charge is 0.545 e. The van der Waals surface area contributed by atoms with Crippen molar-refractivity contribution in [3.63, 3.8) is 0 Å². The zero-order chi connectivity index (χ0) is 10.9.